The zero-order valence-electron chi connectivity index (χ0n) is 20.5. The third kappa shape index (κ3) is 4.77. The van der Waals surface area contributed by atoms with Crippen LogP contribution in [0.3, 0.4) is 0 Å². The number of hydrazine groups is 1. The molecular formula is C27H33FN4O3. The predicted octanol–water partition coefficient (Wildman–Crippen LogP) is 3.86. The molecule has 2 aliphatic heterocycles. The van der Waals surface area contributed by atoms with Gasteiger partial charge in [-0.1, -0.05) is 36.4 Å². The Morgan fingerprint density at radius 3 is 2.20 bits per heavy atom. The van der Waals surface area contributed by atoms with E-state index in [9.17, 15) is 19.1 Å². The maximum atomic E-state index is 13.4. The van der Waals surface area contributed by atoms with E-state index in [1.165, 1.54) is 12.1 Å². The van der Waals surface area contributed by atoms with Crippen molar-refractivity contribution in [3.8, 4) is 11.1 Å². The Labute approximate surface area is 205 Å². The lowest BCUT2D eigenvalue weighted by atomic mass is 10.0. The summed E-state index contributed by atoms with van der Waals surface area (Å²) in [6.07, 6.45) is 2.36. The number of likely N-dealkylation sites (tertiary alicyclic amines) is 1. The normalized spacial score (nSPS) is 23.5. The lowest BCUT2D eigenvalue weighted by Crippen LogP contribution is -2.52. The van der Waals surface area contributed by atoms with Gasteiger partial charge in [-0.2, -0.15) is 5.01 Å². The quantitative estimate of drug-likeness (QED) is 0.682. The van der Waals surface area contributed by atoms with Gasteiger partial charge < -0.3 is 14.9 Å². The second kappa shape index (κ2) is 8.91. The second-order valence-corrected chi connectivity index (χ2v) is 10.6. The van der Waals surface area contributed by atoms with Gasteiger partial charge in [-0.3, -0.25) is 9.80 Å². The van der Waals surface area contributed by atoms with Crippen molar-refractivity contribution in [2.45, 2.75) is 50.9 Å². The molecule has 186 valence electrons. The summed E-state index contributed by atoms with van der Waals surface area (Å²) >= 11 is 0. The van der Waals surface area contributed by atoms with E-state index in [1.807, 2.05) is 29.2 Å². The number of amides is 3. The van der Waals surface area contributed by atoms with Crippen molar-refractivity contribution in [2.24, 2.45) is 5.92 Å². The van der Waals surface area contributed by atoms with Gasteiger partial charge in [0.05, 0.1) is 18.2 Å². The smallest absolute Gasteiger partial charge is 0.336 e. The fourth-order valence-electron chi connectivity index (χ4n) is 5.22. The Morgan fingerprint density at radius 2 is 1.63 bits per heavy atom. The van der Waals surface area contributed by atoms with Crippen LogP contribution in [-0.4, -0.2) is 75.2 Å². The molecule has 0 radical (unpaired) electrons. The molecule has 2 saturated heterocycles. The minimum Gasteiger partial charge on any atom is -0.389 e. The maximum absolute atomic E-state index is 13.4. The average molecular weight is 481 g/mol. The van der Waals surface area contributed by atoms with Gasteiger partial charge in [-0.15, -0.1) is 0 Å². The predicted molar refractivity (Wildman–Crippen MR) is 130 cm³/mol. The number of rotatable bonds is 6. The first-order valence-corrected chi connectivity index (χ1v) is 12.3. The Morgan fingerprint density at radius 1 is 1.03 bits per heavy atom. The SMILES string of the molecule is CN1C(=O)N(CC(C)(C)O)N(C2CCN(C(=O)C3CC3)C2)C1c1ccc(-c2ccc(F)cc2)cc1. The van der Waals surface area contributed by atoms with Crippen molar-refractivity contribution in [1.82, 2.24) is 19.8 Å². The molecule has 3 aliphatic rings. The molecule has 35 heavy (non-hydrogen) atoms. The van der Waals surface area contributed by atoms with Crippen molar-refractivity contribution in [1.29, 1.82) is 0 Å². The number of carbonyl (C=O) groups is 2. The molecule has 1 aliphatic carbocycles. The highest BCUT2D eigenvalue weighted by Crippen LogP contribution is 2.39. The molecule has 2 aromatic rings. The molecule has 3 amide bonds. The summed E-state index contributed by atoms with van der Waals surface area (Å²) in [5, 5.41) is 14.3. The van der Waals surface area contributed by atoms with E-state index in [-0.39, 0.29) is 42.4 Å². The van der Waals surface area contributed by atoms with Gasteiger partial charge in [0.1, 0.15) is 12.0 Å². The summed E-state index contributed by atoms with van der Waals surface area (Å²) < 4.78 is 13.3. The summed E-state index contributed by atoms with van der Waals surface area (Å²) in [5.74, 6) is 0.115. The van der Waals surface area contributed by atoms with Crippen LogP contribution in [0.25, 0.3) is 11.1 Å². The number of hydrogen-bond donors (Lipinski definition) is 1. The van der Waals surface area contributed by atoms with Crippen LogP contribution in [0, 0.1) is 11.7 Å². The van der Waals surface area contributed by atoms with Crippen LogP contribution in [0.2, 0.25) is 0 Å². The lowest BCUT2D eigenvalue weighted by Gasteiger charge is -2.38. The topological polar surface area (TPSA) is 67.3 Å². The van der Waals surface area contributed by atoms with Crippen molar-refractivity contribution in [3.63, 3.8) is 0 Å². The third-order valence-corrected chi connectivity index (χ3v) is 7.12. The van der Waals surface area contributed by atoms with Crippen molar-refractivity contribution in [3.05, 3.63) is 59.9 Å². The Balaban J connectivity index is 1.44. The summed E-state index contributed by atoms with van der Waals surface area (Å²) in [6.45, 7) is 4.80. The van der Waals surface area contributed by atoms with Crippen LogP contribution in [0.5, 0.6) is 0 Å². The minimum atomic E-state index is -1.07. The van der Waals surface area contributed by atoms with E-state index < -0.39 is 5.60 Å². The van der Waals surface area contributed by atoms with E-state index in [4.69, 9.17) is 0 Å². The van der Waals surface area contributed by atoms with Crippen molar-refractivity contribution >= 4 is 11.9 Å². The standard InChI is InChI=1S/C27H33FN4O3/c1-27(2,35)17-31-26(34)29(3)24(32(31)23-14-15-30(16-23)25(33)21-8-9-21)20-6-4-18(5-7-20)19-10-12-22(28)13-11-19/h4-7,10-13,21,23-24,35H,8-9,14-17H2,1-3H3. The molecule has 2 heterocycles. The summed E-state index contributed by atoms with van der Waals surface area (Å²) in [4.78, 5) is 29.7. The summed E-state index contributed by atoms with van der Waals surface area (Å²) in [6, 6.07) is 14.1. The Bertz CT molecular complexity index is 1090. The van der Waals surface area contributed by atoms with Crippen LogP contribution in [0.4, 0.5) is 9.18 Å². The minimum absolute atomic E-state index is 0.0317. The maximum Gasteiger partial charge on any atom is 0.336 e. The third-order valence-electron chi connectivity index (χ3n) is 7.12. The molecule has 2 aromatic carbocycles. The van der Waals surface area contributed by atoms with E-state index in [2.05, 4.69) is 5.01 Å². The molecule has 1 saturated carbocycles. The molecule has 3 fully saturated rings. The van der Waals surface area contributed by atoms with Gasteiger partial charge in [0.25, 0.3) is 0 Å². The average Bonchev–Trinajstić information content (AvgIpc) is 3.51. The van der Waals surface area contributed by atoms with Gasteiger partial charge in [-0.05, 0) is 61.9 Å². The van der Waals surface area contributed by atoms with E-state index in [0.29, 0.717) is 13.1 Å². The molecular weight excluding hydrogens is 447 g/mol. The van der Waals surface area contributed by atoms with E-state index in [1.54, 1.807) is 42.9 Å². The molecule has 0 bridgehead atoms. The molecule has 1 N–H and O–H groups in total. The molecule has 2 unspecified atom stereocenters. The first-order chi connectivity index (χ1) is 16.6. The van der Waals surface area contributed by atoms with Crippen molar-refractivity contribution < 1.29 is 19.1 Å². The van der Waals surface area contributed by atoms with Gasteiger partial charge in [0, 0.05) is 26.1 Å². The number of β-amino-alcohol motifs (C(OH)–C–C–N with tert-alkyl or cyclic N) is 1. The molecule has 0 spiro atoms. The van der Waals surface area contributed by atoms with Crippen LogP contribution in [0.15, 0.2) is 48.5 Å². The lowest BCUT2D eigenvalue weighted by molar-refractivity contribution is -0.132. The van der Waals surface area contributed by atoms with Crippen molar-refractivity contribution in [2.75, 3.05) is 26.7 Å². The summed E-state index contributed by atoms with van der Waals surface area (Å²) in [5.41, 5.74) is 1.75. The fourth-order valence-corrected chi connectivity index (χ4v) is 5.22. The number of benzene rings is 2. The number of nitrogens with zero attached hydrogens (tertiary/aromatic N) is 4. The number of carbonyl (C=O) groups excluding carboxylic acids is 2. The number of hydrogen-bond acceptors (Lipinski definition) is 4. The zero-order chi connectivity index (χ0) is 24.9. The highest BCUT2D eigenvalue weighted by Gasteiger charge is 2.50. The molecule has 0 aromatic heterocycles. The van der Waals surface area contributed by atoms with Crippen LogP contribution in [0.1, 0.15) is 44.8 Å². The van der Waals surface area contributed by atoms with Gasteiger partial charge >= 0.3 is 6.03 Å². The first kappa shape index (κ1) is 23.8. The first-order valence-electron chi connectivity index (χ1n) is 12.3. The number of halogens is 1. The Kier molecular flexibility index (Phi) is 6.05. The van der Waals surface area contributed by atoms with Gasteiger partial charge in [0.2, 0.25) is 5.91 Å². The number of urea groups is 1. The van der Waals surface area contributed by atoms with Crippen LogP contribution >= 0.6 is 0 Å². The van der Waals surface area contributed by atoms with E-state index in [0.717, 1.165) is 36.0 Å². The molecule has 8 heteroatoms. The molecule has 5 rings (SSSR count). The van der Waals surface area contributed by atoms with E-state index >= 15 is 0 Å². The van der Waals surface area contributed by atoms with Crippen LogP contribution in [-0.2, 0) is 4.79 Å². The van der Waals surface area contributed by atoms with Gasteiger partial charge in [-0.25, -0.2) is 9.18 Å². The fraction of sp³-hybridized carbons (Fsp3) is 0.481. The summed E-state index contributed by atoms with van der Waals surface area (Å²) in [7, 11) is 1.78. The highest BCUT2D eigenvalue weighted by molar-refractivity contribution is 5.81. The number of aliphatic hydroxyl groups is 1. The van der Waals surface area contributed by atoms with Gasteiger partial charge in [0.15, 0.2) is 0 Å². The Hall–Kier alpha value is -2.97. The monoisotopic (exact) mass is 480 g/mol. The highest BCUT2D eigenvalue weighted by atomic mass is 19.1. The second-order valence-electron chi connectivity index (χ2n) is 10.6. The molecule has 2 atom stereocenters. The largest absolute Gasteiger partial charge is 0.389 e. The van der Waals surface area contributed by atoms with Crippen LogP contribution < -0.4 is 0 Å². The molecule has 7 nitrogen and oxygen atoms in total. The zero-order valence-corrected chi connectivity index (χ0v) is 20.5.